The van der Waals surface area contributed by atoms with Crippen LogP contribution in [0.3, 0.4) is 0 Å². The first-order chi connectivity index (χ1) is 12.1. The summed E-state index contributed by atoms with van der Waals surface area (Å²) in [5.41, 5.74) is 9.72. The molecule has 0 radical (unpaired) electrons. The van der Waals surface area contributed by atoms with E-state index in [1.807, 2.05) is 46.9 Å². The van der Waals surface area contributed by atoms with Gasteiger partial charge in [-0.15, -0.1) is 12.4 Å². The number of hydrogen-bond donors (Lipinski definition) is 1. The first-order valence-corrected chi connectivity index (χ1v) is 8.30. The lowest BCUT2D eigenvalue weighted by atomic mass is 10.1. The van der Waals surface area contributed by atoms with E-state index in [0.29, 0.717) is 12.2 Å². The van der Waals surface area contributed by atoms with Crippen molar-refractivity contribution in [3.05, 3.63) is 54.5 Å². The van der Waals surface area contributed by atoms with Crippen LogP contribution in [0.1, 0.15) is 18.4 Å². The molecular weight excluding hydrogens is 350 g/mol. The number of nitrogens with zero attached hydrogens (tertiary/aromatic N) is 4. The van der Waals surface area contributed by atoms with Gasteiger partial charge in [-0.2, -0.15) is 0 Å². The Hall–Kier alpha value is -2.86. The molecular formula is C19H20ClN5O. The van der Waals surface area contributed by atoms with Gasteiger partial charge < -0.3 is 10.6 Å². The van der Waals surface area contributed by atoms with Crippen molar-refractivity contribution in [2.45, 2.75) is 19.8 Å². The number of anilines is 2. The van der Waals surface area contributed by atoms with Gasteiger partial charge in [-0.05, 0) is 43.2 Å². The number of imidazole rings is 1. The summed E-state index contributed by atoms with van der Waals surface area (Å²) in [5.74, 6) is 1.43. The highest BCUT2D eigenvalue weighted by molar-refractivity contribution is 5.96. The van der Waals surface area contributed by atoms with E-state index >= 15 is 0 Å². The molecule has 1 aliphatic heterocycles. The smallest absolute Gasteiger partial charge is 0.227 e. The Morgan fingerprint density at radius 3 is 2.69 bits per heavy atom. The Balaban J connectivity index is 0.00000196. The highest BCUT2D eigenvalue weighted by atomic mass is 35.5. The SMILES string of the molecule is Cc1ccc(-n2ccnc2-c2ccnc(N)c2)cc1N1CCCC1=O.Cl. The van der Waals surface area contributed by atoms with E-state index in [1.54, 1.807) is 18.5 Å². The van der Waals surface area contributed by atoms with Crippen LogP contribution in [0.15, 0.2) is 48.9 Å². The quantitative estimate of drug-likeness (QED) is 0.767. The molecule has 2 N–H and O–H groups in total. The summed E-state index contributed by atoms with van der Waals surface area (Å²) in [4.78, 5) is 22.5. The van der Waals surface area contributed by atoms with E-state index in [0.717, 1.165) is 41.3 Å². The highest BCUT2D eigenvalue weighted by Crippen LogP contribution is 2.29. The maximum atomic E-state index is 12.1. The van der Waals surface area contributed by atoms with Gasteiger partial charge in [0, 0.05) is 48.5 Å². The monoisotopic (exact) mass is 369 g/mol. The first kappa shape index (κ1) is 17.9. The minimum absolute atomic E-state index is 0. The Kier molecular flexibility index (Phi) is 4.95. The predicted octanol–water partition coefficient (Wildman–Crippen LogP) is 3.37. The van der Waals surface area contributed by atoms with Crippen LogP contribution in [0.5, 0.6) is 0 Å². The number of hydrogen-bond acceptors (Lipinski definition) is 4. The Bertz CT molecular complexity index is 953. The van der Waals surface area contributed by atoms with E-state index in [1.165, 1.54) is 0 Å². The molecule has 1 aromatic carbocycles. The maximum absolute atomic E-state index is 12.1. The number of nitrogen functional groups attached to an aromatic ring is 1. The number of carbonyl (C=O) groups is 1. The predicted molar refractivity (Wildman–Crippen MR) is 105 cm³/mol. The number of nitrogens with two attached hydrogens (primary N) is 1. The van der Waals surface area contributed by atoms with Crippen molar-refractivity contribution in [2.75, 3.05) is 17.2 Å². The summed E-state index contributed by atoms with van der Waals surface area (Å²) < 4.78 is 2.00. The van der Waals surface area contributed by atoms with Crippen LogP contribution in [0.25, 0.3) is 17.1 Å². The summed E-state index contributed by atoms with van der Waals surface area (Å²) in [6.07, 6.45) is 6.87. The van der Waals surface area contributed by atoms with Gasteiger partial charge in [0.25, 0.3) is 0 Å². The van der Waals surface area contributed by atoms with Crippen LogP contribution in [0.4, 0.5) is 11.5 Å². The average molecular weight is 370 g/mol. The molecule has 0 atom stereocenters. The van der Waals surface area contributed by atoms with Crippen molar-refractivity contribution in [2.24, 2.45) is 0 Å². The third-order valence-electron chi connectivity index (χ3n) is 4.52. The van der Waals surface area contributed by atoms with Gasteiger partial charge in [-0.1, -0.05) is 6.07 Å². The Morgan fingerprint density at radius 2 is 1.96 bits per heavy atom. The Labute approximate surface area is 158 Å². The van der Waals surface area contributed by atoms with Gasteiger partial charge in [0.05, 0.1) is 0 Å². The lowest BCUT2D eigenvalue weighted by Crippen LogP contribution is -2.24. The lowest BCUT2D eigenvalue weighted by Gasteiger charge is -2.20. The molecule has 3 aromatic rings. The molecule has 1 fully saturated rings. The number of aromatic nitrogens is 3. The van der Waals surface area contributed by atoms with Crippen molar-refractivity contribution in [3.63, 3.8) is 0 Å². The number of pyridine rings is 1. The normalized spacial score (nSPS) is 13.7. The molecule has 0 unspecified atom stereocenters. The fourth-order valence-corrected chi connectivity index (χ4v) is 3.25. The van der Waals surface area contributed by atoms with E-state index in [-0.39, 0.29) is 18.3 Å². The topological polar surface area (TPSA) is 77.0 Å². The third kappa shape index (κ3) is 3.15. The zero-order chi connectivity index (χ0) is 17.4. The van der Waals surface area contributed by atoms with Crippen LogP contribution >= 0.6 is 12.4 Å². The second-order valence-corrected chi connectivity index (χ2v) is 6.21. The zero-order valence-electron chi connectivity index (χ0n) is 14.4. The van der Waals surface area contributed by atoms with Crippen LogP contribution < -0.4 is 10.6 Å². The van der Waals surface area contributed by atoms with E-state index in [9.17, 15) is 4.79 Å². The molecule has 0 bridgehead atoms. The fourth-order valence-electron chi connectivity index (χ4n) is 3.25. The van der Waals surface area contributed by atoms with Crippen LogP contribution in [0, 0.1) is 6.92 Å². The van der Waals surface area contributed by atoms with Crippen LogP contribution in [-0.4, -0.2) is 27.0 Å². The van der Waals surface area contributed by atoms with E-state index in [4.69, 9.17) is 5.73 Å². The molecule has 3 heterocycles. The van der Waals surface area contributed by atoms with Crippen molar-refractivity contribution in [1.29, 1.82) is 0 Å². The second-order valence-electron chi connectivity index (χ2n) is 6.21. The van der Waals surface area contributed by atoms with Gasteiger partial charge in [0.1, 0.15) is 11.6 Å². The first-order valence-electron chi connectivity index (χ1n) is 8.30. The molecule has 1 amide bonds. The number of benzene rings is 1. The molecule has 0 aliphatic carbocycles. The number of aryl methyl sites for hydroxylation is 1. The van der Waals surface area contributed by atoms with Gasteiger partial charge in [-0.3, -0.25) is 9.36 Å². The second kappa shape index (κ2) is 7.17. The number of halogens is 1. The highest BCUT2D eigenvalue weighted by Gasteiger charge is 2.23. The summed E-state index contributed by atoms with van der Waals surface area (Å²) >= 11 is 0. The summed E-state index contributed by atoms with van der Waals surface area (Å²) in [7, 11) is 0. The lowest BCUT2D eigenvalue weighted by molar-refractivity contribution is -0.117. The molecule has 134 valence electrons. The fraction of sp³-hybridized carbons (Fsp3) is 0.211. The number of amides is 1. The van der Waals surface area contributed by atoms with Gasteiger partial charge in [-0.25, -0.2) is 9.97 Å². The van der Waals surface area contributed by atoms with Gasteiger partial charge in [0.15, 0.2) is 0 Å². The summed E-state index contributed by atoms with van der Waals surface area (Å²) in [6.45, 7) is 2.81. The molecule has 0 spiro atoms. The molecule has 1 saturated heterocycles. The molecule has 26 heavy (non-hydrogen) atoms. The molecule has 2 aromatic heterocycles. The van der Waals surface area contributed by atoms with Gasteiger partial charge in [0.2, 0.25) is 5.91 Å². The molecule has 0 saturated carbocycles. The summed E-state index contributed by atoms with van der Waals surface area (Å²) in [5, 5.41) is 0. The number of carbonyl (C=O) groups excluding carboxylic acids is 1. The molecule has 4 rings (SSSR count). The summed E-state index contributed by atoms with van der Waals surface area (Å²) in [6, 6.07) is 9.82. The zero-order valence-corrected chi connectivity index (χ0v) is 15.2. The van der Waals surface area contributed by atoms with Crippen molar-refractivity contribution < 1.29 is 4.79 Å². The average Bonchev–Trinajstić information content (AvgIpc) is 3.24. The van der Waals surface area contributed by atoms with Crippen molar-refractivity contribution >= 4 is 29.8 Å². The molecule has 7 heteroatoms. The largest absolute Gasteiger partial charge is 0.384 e. The third-order valence-corrected chi connectivity index (χ3v) is 4.52. The minimum Gasteiger partial charge on any atom is -0.384 e. The standard InChI is InChI=1S/C19H19N5O.ClH/c1-13-4-5-15(12-16(13)24-9-2-3-18(24)25)23-10-8-22-19(23)14-6-7-21-17(20)11-14;/h4-8,10-12H,2-3,9H2,1H3,(H2,20,21);1H. The maximum Gasteiger partial charge on any atom is 0.227 e. The number of rotatable bonds is 3. The van der Waals surface area contributed by atoms with Crippen LogP contribution in [0.2, 0.25) is 0 Å². The Morgan fingerprint density at radius 1 is 1.12 bits per heavy atom. The van der Waals surface area contributed by atoms with Crippen LogP contribution in [-0.2, 0) is 4.79 Å². The van der Waals surface area contributed by atoms with E-state index < -0.39 is 0 Å². The van der Waals surface area contributed by atoms with Gasteiger partial charge >= 0.3 is 0 Å². The van der Waals surface area contributed by atoms with Crippen molar-refractivity contribution in [3.8, 4) is 17.1 Å². The minimum atomic E-state index is 0. The van der Waals surface area contributed by atoms with E-state index in [2.05, 4.69) is 9.97 Å². The molecule has 1 aliphatic rings. The molecule has 6 nitrogen and oxygen atoms in total. The van der Waals surface area contributed by atoms with Crippen molar-refractivity contribution in [1.82, 2.24) is 14.5 Å².